The molecular weight excluding hydrogens is 560 g/mol. The van der Waals surface area contributed by atoms with E-state index in [1.54, 1.807) is 0 Å². The van der Waals surface area contributed by atoms with Crippen molar-refractivity contribution in [1.29, 1.82) is 0 Å². The molecule has 0 fully saturated rings. The zero-order valence-corrected chi connectivity index (χ0v) is 12.0. The molecule has 0 aromatic heterocycles. The average Bonchev–Trinajstić information content (AvgIpc) is 0. The molecule has 6 heteroatoms. The van der Waals surface area contributed by atoms with Crippen LogP contribution >= 0.6 is 0 Å². The molecule has 0 aromatic carbocycles. The molecule has 0 bridgehead atoms. The van der Waals surface area contributed by atoms with E-state index in [1.807, 2.05) is 0 Å². The Bertz CT molecular complexity index is 10.8. The second-order valence-electron chi connectivity index (χ2n) is 0. The van der Waals surface area contributed by atoms with Gasteiger partial charge in [-0.05, 0) is 0 Å². The van der Waals surface area contributed by atoms with Crippen LogP contribution in [-0.2, 0) is 37.5 Å². The van der Waals surface area contributed by atoms with E-state index in [2.05, 4.69) is 0 Å². The van der Waals surface area contributed by atoms with E-state index < -0.39 is 0 Å². The first kappa shape index (κ1) is 80.8. The molecule has 0 amide bonds. The molecule has 0 aliphatic heterocycles. The zero-order chi connectivity index (χ0) is 0. The molecule has 0 saturated heterocycles. The van der Waals surface area contributed by atoms with Gasteiger partial charge in [0.05, 0.1) is 0 Å². The van der Waals surface area contributed by atoms with Gasteiger partial charge in [-0.3, -0.25) is 0 Å². The normalized spacial score (nSPS) is 0. The third-order valence-electron chi connectivity index (χ3n) is 0. The minimum Gasteiger partial charge on any atom is -2.00 e. The van der Waals surface area contributed by atoms with E-state index in [0.717, 1.165) is 0 Å². The van der Waals surface area contributed by atoms with Crippen molar-refractivity contribution in [3.8, 4) is 0 Å². The minimum absolute atomic E-state index is 0. The molecule has 0 spiro atoms. The predicted octanol–water partition coefficient (Wildman–Crippen LogP) is -1.12. The minimum atomic E-state index is 0. The molecule has 0 saturated carbocycles. The molecule has 0 atom stereocenters. The van der Waals surface area contributed by atoms with Crippen LogP contribution in [0.25, 0.3) is 0 Å². The molecule has 0 aliphatic rings. The molecule has 3 nitrogen and oxygen atoms in total. The Morgan fingerprint density at radius 2 is 0.667 bits per heavy atom. The standard InChI is InChI=1S/Bi.Mo.3O.Pb/q;+6;3*-2;. The quantitative estimate of drug-likeness (QED) is 0.337. The van der Waals surface area contributed by atoms with Crippen LogP contribution in [0.5, 0.6) is 0 Å². The molecule has 0 N–H and O–H groups in total. The fourth-order valence-corrected chi connectivity index (χ4v) is 0. The van der Waals surface area contributed by atoms with E-state index in [9.17, 15) is 0 Å². The molecule has 6 heavy (non-hydrogen) atoms. The van der Waals surface area contributed by atoms with Crippen LogP contribution in [-0.4, -0.2) is 53.5 Å². The Kier molecular flexibility index (Phi) is 716. The largest absolute Gasteiger partial charge is 6.00 e. The number of hydrogen-bond donors (Lipinski definition) is 0. The number of hydrogen-bond acceptors (Lipinski definition) is 0. The van der Waals surface area contributed by atoms with Crippen molar-refractivity contribution >= 4 is 53.5 Å². The van der Waals surface area contributed by atoms with E-state index in [0.29, 0.717) is 0 Å². The van der Waals surface area contributed by atoms with Gasteiger partial charge in [0.25, 0.3) is 0 Å². The van der Waals surface area contributed by atoms with Crippen molar-refractivity contribution in [2.45, 2.75) is 0 Å². The fourth-order valence-electron chi connectivity index (χ4n) is 0. The van der Waals surface area contributed by atoms with Crippen LogP contribution in [0.1, 0.15) is 0 Å². The van der Waals surface area contributed by atoms with Gasteiger partial charge in [0.2, 0.25) is 0 Å². The molecular formula is BiMoO3Pb. The molecule has 0 heterocycles. The van der Waals surface area contributed by atoms with Crippen molar-refractivity contribution in [2.75, 3.05) is 0 Å². The summed E-state index contributed by atoms with van der Waals surface area (Å²) in [6.45, 7) is 0. The van der Waals surface area contributed by atoms with Crippen LogP contribution in [0.3, 0.4) is 0 Å². The Labute approximate surface area is 89.7 Å². The van der Waals surface area contributed by atoms with Gasteiger partial charge in [0.15, 0.2) is 0 Å². The SMILES string of the molecule is [Bi].[Mo+6].[O-2].[O-2].[O-2].[Pb]. The van der Waals surface area contributed by atoms with Gasteiger partial charge in [-0.25, -0.2) is 0 Å². The van der Waals surface area contributed by atoms with Gasteiger partial charge in [-0.1, -0.05) is 0 Å². The molecule has 7 radical (unpaired) electrons. The number of rotatable bonds is 0. The molecule has 0 rings (SSSR count). The van der Waals surface area contributed by atoms with Crippen LogP contribution in [0, 0.1) is 0 Å². The van der Waals surface area contributed by atoms with Gasteiger partial charge < -0.3 is 16.4 Å². The molecule has 0 aliphatic carbocycles. The first-order chi connectivity index (χ1) is 0. The third-order valence-corrected chi connectivity index (χ3v) is 0. The topological polar surface area (TPSA) is 85.5 Å². The summed E-state index contributed by atoms with van der Waals surface area (Å²) < 4.78 is 0. The van der Waals surface area contributed by atoms with Crippen LogP contribution in [0.15, 0.2) is 0 Å². The maximum Gasteiger partial charge on any atom is 6.00 e. The van der Waals surface area contributed by atoms with Gasteiger partial charge >= 0.3 is 21.1 Å². The summed E-state index contributed by atoms with van der Waals surface area (Å²) in [5, 5.41) is 0. The second kappa shape index (κ2) is 53.2. The van der Waals surface area contributed by atoms with E-state index in [-0.39, 0.29) is 91.0 Å². The van der Waals surface area contributed by atoms with E-state index >= 15 is 0 Å². The van der Waals surface area contributed by atoms with Gasteiger partial charge in [0, 0.05) is 53.5 Å². The molecule has 33 valence electrons. The van der Waals surface area contributed by atoms with Crippen LogP contribution < -0.4 is 0 Å². The van der Waals surface area contributed by atoms with Crippen molar-refractivity contribution in [3.63, 3.8) is 0 Å². The maximum absolute atomic E-state index is 0. The summed E-state index contributed by atoms with van der Waals surface area (Å²) >= 11 is 0. The Morgan fingerprint density at radius 3 is 0.667 bits per heavy atom. The van der Waals surface area contributed by atoms with Crippen LogP contribution in [0.4, 0.5) is 0 Å². The summed E-state index contributed by atoms with van der Waals surface area (Å²) in [6, 6.07) is 0. The van der Waals surface area contributed by atoms with Crippen molar-refractivity contribution in [3.05, 3.63) is 0 Å². The van der Waals surface area contributed by atoms with Crippen LogP contribution in [0.2, 0.25) is 0 Å². The first-order valence-corrected chi connectivity index (χ1v) is 0. The van der Waals surface area contributed by atoms with Crippen molar-refractivity contribution < 1.29 is 37.5 Å². The van der Waals surface area contributed by atoms with E-state index in [1.165, 1.54) is 0 Å². The summed E-state index contributed by atoms with van der Waals surface area (Å²) in [5.41, 5.74) is 0. The Morgan fingerprint density at radius 1 is 0.667 bits per heavy atom. The maximum atomic E-state index is 0. The summed E-state index contributed by atoms with van der Waals surface area (Å²) in [6.07, 6.45) is 0. The fraction of sp³-hybridized carbons (Fsp3) is 0. The molecule has 0 aromatic rings. The molecule has 0 unspecified atom stereocenters. The van der Waals surface area contributed by atoms with Gasteiger partial charge in [-0.2, -0.15) is 0 Å². The summed E-state index contributed by atoms with van der Waals surface area (Å²) in [7, 11) is 0. The van der Waals surface area contributed by atoms with Crippen molar-refractivity contribution in [2.24, 2.45) is 0 Å². The Hall–Kier alpha value is 2.37. The average molecular weight is 560 g/mol. The van der Waals surface area contributed by atoms with E-state index in [4.69, 9.17) is 0 Å². The predicted molar refractivity (Wildman–Crippen MR) is 13.6 cm³/mol. The monoisotopic (exact) mass is 563 g/mol. The summed E-state index contributed by atoms with van der Waals surface area (Å²) in [5.74, 6) is 0. The van der Waals surface area contributed by atoms with Gasteiger partial charge in [0.1, 0.15) is 0 Å². The second-order valence-corrected chi connectivity index (χ2v) is 0. The third kappa shape index (κ3) is 32.7. The van der Waals surface area contributed by atoms with Gasteiger partial charge in [-0.15, -0.1) is 0 Å². The first-order valence-electron chi connectivity index (χ1n) is 0. The Balaban J connectivity index is 0. The zero-order valence-electron chi connectivity index (χ0n) is 2.58. The smallest absolute Gasteiger partial charge is 2.00 e. The van der Waals surface area contributed by atoms with Crippen molar-refractivity contribution in [1.82, 2.24) is 0 Å². The summed E-state index contributed by atoms with van der Waals surface area (Å²) in [4.78, 5) is 0.